The van der Waals surface area contributed by atoms with Gasteiger partial charge in [-0.25, -0.2) is 0 Å². The molecule has 19 heavy (non-hydrogen) atoms. The van der Waals surface area contributed by atoms with Crippen molar-refractivity contribution < 1.29 is 9.26 Å². The van der Waals surface area contributed by atoms with Gasteiger partial charge in [0.2, 0.25) is 5.82 Å². The lowest BCUT2D eigenvalue weighted by Gasteiger charge is -2.03. The molecule has 5 heteroatoms. The number of ether oxygens (including phenoxy) is 1. The molecule has 0 aliphatic rings. The normalized spacial score (nSPS) is 10.7. The average molecular weight is 261 g/mol. The summed E-state index contributed by atoms with van der Waals surface area (Å²) in [5, 5.41) is 7.08. The molecule has 0 amide bonds. The van der Waals surface area contributed by atoms with Crippen LogP contribution in [0.2, 0.25) is 0 Å². The van der Waals surface area contributed by atoms with Crippen LogP contribution < -0.4 is 10.1 Å². The Morgan fingerprint density at radius 3 is 2.95 bits per heavy atom. The molecule has 102 valence electrons. The van der Waals surface area contributed by atoms with Crippen LogP contribution in [0.15, 0.2) is 28.8 Å². The van der Waals surface area contributed by atoms with Crippen LogP contribution in [0, 0.1) is 5.92 Å². The predicted octanol–water partition coefficient (Wildman–Crippen LogP) is 3.20. The smallest absolute Gasteiger partial charge is 0.321 e. The predicted molar refractivity (Wildman–Crippen MR) is 74.2 cm³/mol. The van der Waals surface area contributed by atoms with Crippen molar-refractivity contribution >= 4 is 6.01 Å². The molecular formula is C14H19N3O2. The molecule has 1 aromatic carbocycles. The molecule has 5 nitrogen and oxygen atoms in total. The van der Waals surface area contributed by atoms with E-state index in [9.17, 15) is 0 Å². The summed E-state index contributed by atoms with van der Waals surface area (Å²) in [5.74, 6) is 1.98. The first kappa shape index (κ1) is 13.4. The number of anilines is 1. The molecule has 2 aromatic rings. The number of methoxy groups -OCH3 is 1. The number of hydrogen-bond donors (Lipinski definition) is 1. The van der Waals surface area contributed by atoms with Gasteiger partial charge in [-0.3, -0.25) is 0 Å². The maximum absolute atomic E-state index is 5.17. The summed E-state index contributed by atoms with van der Waals surface area (Å²) in [6.45, 7) is 5.19. The second kappa shape index (κ2) is 6.22. The molecular weight excluding hydrogens is 242 g/mol. The van der Waals surface area contributed by atoms with E-state index in [0.29, 0.717) is 17.8 Å². The highest BCUT2D eigenvalue weighted by atomic mass is 16.5. The monoisotopic (exact) mass is 261 g/mol. The molecule has 0 aliphatic carbocycles. The van der Waals surface area contributed by atoms with Crippen molar-refractivity contribution in [1.29, 1.82) is 0 Å². The maximum atomic E-state index is 5.17. The van der Waals surface area contributed by atoms with E-state index in [1.54, 1.807) is 7.11 Å². The van der Waals surface area contributed by atoms with E-state index in [4.69, 9.17) is 9.26 Å². The molecule has 0 aliphatic heterocycles. The number of benzene rings is 1. The fourth-order valence-corrected chi connectivity index (χ4v) is 1.64. The van der Waals surface area contributed by atoms with Crippen molar-refractivity contribution in [2.24, 2.45) is 5.92 Å². The van der Waals surface area contributed by atoms with Crippen molar-refractivity contribution in [3.63, 3.8) is 0 Å². The summed E-state index contributed by atoms with van der Waals surface area (Å²) in [4.78, 5) is 4.31. The third-order valence-corrected chi connectivity index (χ3v) is 2.75. The Bertz CT molecular complexity index is 523. The minimum atomic E-state index is 0.457. The Morgan fingerprint density at radius 2 is 2.21 bits per heavy atom. The van der Waals surface area contributed by atoms with Gasteiger partial charge in [-0.05, 0) is 24.5 Å². The molecule has 0 unspecified atom stereocenters. The van der Waals surface area contributed by atoms with E-state index in [-0.39, 0.29) is 0 Å². The molecule has 0 spiro atoms. The van der Waals surface area contributed by atoms with Crippen molar-refractivity contribution in [3.05, 3.63) is 24.3 Å². The minimum absolute atomic E-state index is 0.457. The molecule has 0 fully saturated rings. The Morgan fingerprint density at radius 1 is 1.37 bits per heavy atom. The standard InChI is InChI=1S/C14H19N3O2/c1-10(2)7-8-15-14-16-13(17-19-14)11-5-4-6-12(9-11)18-3/h4-6,9-10H,7-8H2,1-3H3,(H,15,16,17). The van der Waals surface area contributed by atoms with Crippen LogP contribution in [0.5, 0.6) is 5.75 Å². The summed E-state index contributed by atoms with van der Waals surface area (Å²) >= 11 is 0. The summed E-state index contributed by atoms with van der Waals surface area (Å²) in [6.07, 6.45) is 1.07. The largest absolute Gasteiger partial charge is 0.497 e. The third kappa shape index (κ3) is 3.71. The third-order valence-electron chi connectivity index (χ3n) is 2.75. The lowest BCUT2D eigenvalue weighted by atomic mass is 10.1. The Labute approximate surface area is 113 Å². The first-order valence-corrected chi connectivity index (χ1v) is 6.41. The van der Waals surface area contributed by atoms with Gasteiger partial charge in [0.15, 0.2) is 0 Å². The van der Waals surface area contributed by atoms with Crippen LogP contribution in [-0.4, -0.2) is 23.8 Å². The van der Waals surface area contributed by atoms with Crippen molar-refractivity contribution in [2.45, 2.75) is 20.3 Å². The molecule has 0 radical (unpaired) electrons. The second-order valence-electron chi connectivity index (χ2n) is 4.76. The van der Waals surface area contributed by atoms with Gasteiger partial charge in [-0.15, -0.1) is 0 Å². The van der Waals surface area contributed by atoms with Crippen LogP contribution in [-0.2, 0) is 0 Å². The minimum Gasteiger partial charge on any atom is -0.497 e. The lowest BCUT2D eigenvalue weighted by Crippen LogP contribution is -2.04. The van der Waals surface area contributed by atoms with Gasteiger partial charge >= 0.3 is 6.01 Å². The molecule has 1 aromatic heterocycles. The number of nitrogens with one attached hydrogen (secondary N) is 1. The topological polar surface area (TPSA) is 60.2 Å². The van der Waals surface area contributed by atoms with Crippen LogP contribution in [0.1, 0.15) is 20.3 Å². The number of rotatable bonds is 6. The lowest BCUT2D eigenvalue weighted by molar-refractivity contribution is 0.414. The van der Waals surface area contributed by atoms with Crippen LogP contribution in [0.25, 0.3) is 11.4 Å². The molecule has 1 N–H and O–H groups in total. The van der Waals surface area contributed by atoms with Gasteiger partial charge < -0.3 is 14.6 Å². The van der Waals surface area contributed by atoms with Crippen LogP contribution in [0.3, 0.4) is 0 Å². The highest BCUT2D eigenvalue weighted by molar-refractivity contribution is 5.57. The van der Waals surface area contributed by atoms with E-state index >= 15 is 0 Å². The SMILES string of the molecule is COc1cccc(-c2noc(NCCC(C)C)n2)c1. The first-order chi connectivity index (χ1) is 9.19. The highest BCUT2D eigenvalue weighted by Crippen LogP contribution is 2.22. The van der Waals surface area contributed by atoms with E-state index in [0.717, 1.165) is 24.3 Å². The zero-order valence-electron chi connectivity index (χ0n) is 11.5. The number of aromatic nitrogens is 2. The van der Waals surface area contributed by atoms with E-state index in [1.807, 2.05) is 24.3 Å². The highest BCUT2D eigenvalue weighted by Gasteiger charge is 2.08. The van der Waals surface area contributed by atoms with Gasteiger partial charge in [0, 0.05) is 12.1 Å². The van der Waals surface area contributed by atoms with E-state index in [2.05, 4.69) is 29.3 Å². The van der Waals surface area contributed by atoms with Crippen molar-refractivity contribution in [3.8, 4) is 17.1 Å². The second-order valence-corrected chi connectivity index (χ2v) is 4.76. The average Bonchev–Trinajstić information content (AvgIpc) is 2.87. The molecule has 0 bridgehead atoms. The molecule has 0 saturated carbocycles. The molecule has 2 rings (SSSR count). The fraction of sp³-hybridized carbons (Fsp3) is 0.429. The molecule has 0 atom stereocenters. The Kier molecular flexibility index (Phi) is 4.39. The Balaban J connectivity index is 2.03. The van der Waals surface area contributed by atoms with Gasteiger partial charge in [-0.1, -0.05) is 31.1 Å². The summed E-state index contributed by atoms with van der Waals surface area (Å²) < 4.78 is 10.3. The summed E-state index contributed by atoms with van der Waals surface area (Å²) in [7, 11) is 1.63. The van der Waals surface area contributed by atoms with Crippen molar-refractivity contribution in [1.82, 2.24) is 10.1 Å². The molecule has 0 saturated heterocycles. The summed E-state index contributed by atoms with van der Waals surface area (Å²) in [6, 6.07) is 8.04. The van der Waals surface area contributed by atoms with E-state index in [1.165, 1.54) is 0 Å². The van der Waals surface area contributed by atoms with Gasteiger partial charge in [0.1, 0.15) is 5.75 Å². The van der Waals surface area contributed by atoms with Crippen LogP contribution in [0.4, 0.5) is 6.01 Å². The first-order valence-electron chi connectivity index (χ1n) is 6.41. The maximum Gasteiger partial charge on any atom is 0.321 e. The summed E-state index contributed by atoms with van der Waals surface area (Å²) in [5.41, 5.74) is 0.875. The Hall–Kier alpha value is -2.04. The zero-order valence-corrected chi connectivity index (χ0v) is 11.5. The fourth-order valence-electron chi connectivity index (χ4n) is 1.64. The number of hydrogen-bond acceptors (Lipinski definition) is 5. The number of nitrogens with zero attached hydrogens (tertiary/aromatic N) is 2. The zero-order chi connectivity index (χ0) is 13.7. The van der Waals surface area contributed by atoms with Gasteiger partial charge in [0.25, 0.3) is 0 Å². The van der Waals surface area contributed by atoms with Crippen LogP contribution >= 0.6 is 0 Å². The molecule has 1 heterocycles. The van der Waals surface area contributed by atoms with Gasteiger partial charge in [-0.2, -0.15) is 4.98 Å². The van der Waals surface area contributed by atoms with E-state index < -0.39 is 0 Å². The van der Waals surface area contributed by atoms with Gasteiger partial charge in [0.05, 0.1) is 7.11 Å². The van der Waals surface area contributed by atoms with Crippen molar-refractivity contribution in [2.75, 3.05) is 19.0 Å². The quantitative estimate of drug-likeness (QED) is 0.865.